The van der Waals surface area contributed by atoms with Gasteiger partial charge >= 0.3 is 0 Å². The highest BCUT2D eigenvalue weighted by Gasteiger charge is 2.21. The minimum Gasteiger partial charge on any atom is -0.367 e. The van der Waals surface area contributed by atoms with Gasteiger partial charge in [-0.05, 0) is 19.3 Å². The SMILES string of the molecule is NC1CCN(c2cc(NC3CCCCC3)ncn2)C1. The maximum absolute atomic E-state index is 5.95. The van der Waals surface area contributed by atoms with Crippen molar-refractivity contribution < 1.29 is 0 Å². The fraction of sp³-hybridized carbons (Fsp3) is 0.714. The van der Waals surface area contributed by atoms with Gasteiger partial charge in [-0.3, -0.25) is 0 Å². The smallest absolute Gasteiger partial charge is 0.134 e. The fourth-order valence-electron chi connectivity index (χ4n) is 3.05. The number of hydrogen-bond donors (Lipinski definition) is 2. The van der Waals surface area contributed by atoms with E-state index in [1.54, 1.807) is 6.33 Å². The van der Waals surface area contributed by atoms with Gasteiger partial charge in [0, 0.05) is 31.2 Å². The molecular formula is C14H23N5. The van der Waals surface area contributed by atoms with Crippen LogP contribution in [-0.4, -0.2) is 35.1 Å². The van der Waals surface area contributed by atoms with Crippen molar-refractivity contribution in [3.63, 3.8) is 0 Å². The van der Waals surface area contributed by atoms with Crippen molar-refractivity contribution in [3.8, 4) is 0 Å². The summed E-state index contributed by atoms with van der Waals surface area (Å²) in [6.45, 7) is 1.90. The highest BCUT2D eigenvalue weighted by atomic mass is 15.2. The molecule has 5 nitrogen and oxygen atoms in total. The Morgan fingerprint density at radius 1 is 1.16 bits per heavy atom. The largest absolute Gasteiger partial charge is 0.367 e. The van der Waals surface area contributed by atoms with Crippen LogP contribution >= 0.6 is 0 Å². The molecule has 1 atom stereocenters. The van der Waals surface area contributed by atoms with Crippen LogP contribution < -0.4 is 16.0 Å². The molecule has 1 saturated carbocycles. The summed E-state index contributed by atoms with van der Waals surface area (Å²) in [6, 6.07) is 2.93. The summed E-state index contributed by atoms with van der Waals surface area (Å²) in [4.78, 5) is 11.0. The molecule has 5 heteroatoms. The third-order valence-electron chi connectivity index (χ3n) is 4.16. The lowest BCUT2D eigenvalue weighted by molar-refractivity contribution is 0.462. The first-order valence-corrected chi connectivity index (χ1v) is 7.40. The Bertz CT molecular complexity index is 416. The van der Waals surface area contributed by atoms with Crippen molar-refractivity contribution in [2.45, 2.75) is 50.6 Å². The first kappa shape index (κ1) is 12.7. The van der Waals surface area contributed by atoms with Gasteiger partial charge in [0.1, 0.15) is 18.0 Å². The Balaban J connectivity index is 1.65. The number of rotatable bonds is 3. The Morgan fingerprint density at radius 2 is 2.00 bits per heavy atom. The second-order valence-electron chi connectivity index (χ2n) is 5.74. The minimum atomic E-state index is 0.282. The summed E-state index contributed by atoms with van der Waals surface area (Å²) < 4.78 is 0. The van der Waals surface area contributed by atoms with Gasteiger partial charge in [0.2, 0.25) is 0 Å². The van der Waals surface area contributed by atoms with Crippen LogP contribution in [0.2, 0.25) is 0 Å². The molecule has 1 aromatic rings. The van der Waals surface area contributed by atoms with E-state index < -0.39 is 0 Å². The molecule has 0 radical (unpaired) electrons. The monoisotopic (exact) mass is 261 g/mol. The first-order chi connectivity index (χ1) is 9.31. The molecule has 1 aromatic heterocycles. The summed E-state index contributed by atoms with van der Waals surface area (Å²) in [7, 11) is 0. The predicted molar refractivity (Wildman–Crippen MR) is 77.3 cm³/mol. The molecule has 1 aliphatic heterocycles. The lowest BCUT2D eigenvalue weighted by Crippen LogP contribution is -2.27. The normalized spacial score (nSPS) is 24.7. The van der Waals surface area contributed by atoms with E-state index in [1.807, 2.05) is 0 Å². The topological polar surface area (TPSA) is 67.1 Å². The molecule has 0 amide bonds. The van der Waals surface area contributed by atoms with Crippen molar-refractivity contribution in [3.05, 3.63) is 12.4 Å². The highest BCUT2D eigenvalue weighted by Crippen LogP contribution is 2.23. The Hall–Kier alpha value is -1.36. The van der Waals surface area contributed by atoms with E-state index in [9.17, 15) is 0 Å². The molecule has 104 valence electrons. The minimum absolute atomic E-state index is 0.282. The summed E-state index contributed by atoms with van der Waals surface area (Å²) in [5, 5.41) is 3.55. The van der Waals surface area contributed by atoms with Crippen molar-refractivity contribution in [2.75, 3.05) is 23.3 Å². The molecule has 0 aromatic carbocycles. The van der Waals surface area contributed by atoms with Crippen LogP contribution in [0.1, 0.15) is 38.5 Å². The zero-order chi connectivity index (χ0) is 13.1. The first-order valence-electron chi connectivity index (χ1n) is 7.40. The molecule has 2 heterocycles. The van der Waals surface area contributed by atoms with E-state index in [0.29, 0.717) is 6.04 Å². The van der Waals surface area contributed by atoms with Gasteiger partial charge in [-0.25, -0.2) is 9.97 Å². The maximum atomic E-state index is 5.95. The average Bonchev–Trinajstić information content (AvgIpc) is 2.87. The molecule has 1 aliphatic carbocycles. The van der Waals surface area contributed by atoms with E-state index in [4.69, 9.17) is 5.73 Å². The Kier molecular flexibility index (Phi) is 3.82. The lowest BCUT2D eigenvalue weighted by atomic mass is 9.95. The van der Waals surface area contributed by atoms with Gasteiger partial charge in [0.15, 0.2) is 0 Å². The number of hydrogen-bond acceptors (Lipinski definition) is 5. The molecule has 3 N–H and O–H groups in total. The van der Waals surface area contributed by atoms with E-state index in [0.717, 1.165) is 31.1 Å². The summed E-state index contributed by atoms with van der Waals surface area (Å²) in [5.41, 5.74) is 5.95. The van der Waals surface area contributed by atoms with Gasteiger partial charge in [-0.1, -0.05) is 19.3 Å². The van der Waals surface area contributed by atoms with Crippen LogP contribution in [0.25, 0.3) is 0 Å². The van der Waals surface area contributed by atoms with E-state index in [-0.39, 0.29) is 6.04 Å². The van der Waals surface area contributed by atoms with Crippen LogP contribution in [0.15, 0.2) is 12.4 Å². The number of anilines is 2. The number of nitrogens with one attached hydrogen (secondary N) is 1. The van der Waals surface area contributed by atoms with Crippen LogP contribution in [0.4, 0.5) is 11.6 Å². The van der Waals surface area contributed by atoms with Crippen molar-refractivity contribution in [1.82, 2.24) is 9.97 Å². The molecule has 1 unspecified atom stereocenters. The van der Waals surface area contributed by atoms with Crippen molar-refractivity contribution in [1.29, 1.82) is 0 Å². The van der Waals surface area contributed by atoms with Gasteiger partial charge in [0.25, 0.3) is 0 Å². The van der Waals surface area contributed by atoms with Crippen LogP contribution in [0, 0.1) is 0 Å². The molecule has 2 fully saturated rings. The summed E-state index contributed by atoms with van der Waals surface area (Å²) in [6.07, 6.45) is 9.26. The Morgan fingerprint density at radius 3 is 2.74 bits per heavy atom. The molecule has 1 saturated heterocycles. The molecular weight excluding hydrogens is 238 g/mol. The second-order valence-corrected chi connectivity index (χ2v) is 5.74. The predicted octanol–water partition coefficient (Wildman–Crippen LogP) is 1.76. The van der Waals surface area contributed by atoms with Crippen LogP contribution in [0.3, 0.4) is 0 Å². The zero-order valence-electron chi connectivity index (χ0n) is 11.4. The number of nitrogens with zero attached hydrogens (tertiary/aromatic N) is 3. The third-order valence-corrected chi connectivity index (χ3v) is 4.16. The Labute approximate surface area is 114 Å². The van der Waals surface area contributed by atoms with Crippen molar-refractivity contribution >= 4 is 11.6 Å². The van der Waals surface area contributed by atoms with Gasteiger partial charge in [0.05, 0.1) is 0 Å². The fourth-order valence-corrected chi connectivity index (χ4v) is 3.05. The van der Waals surface area contributed by atoms with E-state index >= 15 is 0 Å². The number of nitrogens with two attached hydrogens (primary N) is 1. The molecule has 19 heavy (non-hydrogen) atoms. The average molecular weight is 261 g/mol. The lowest BCUT2D eigenvalue weighted by Gasteiger charge is -2.24. The quantitative estimate of drug-likeness (QED) is 0.868. The zero-order valence-corrected chi connectivity index (χ0v) is 11.4. The summed E-state index contributed by atoms with van der Waals surface area (Å²) in [5.74, 6) is 1.96. The molecule has 0 spiro atoms. The highest BCUT2D eigenvalue weighted by molar-refractivity contribution is 5.49. The summed E-state index contributed by atoms with van der Waals surface area (Å²) >= 11 is 0. The third kappa shape index (κ3) is 3.15. The van der Waals surface area contributed by atoms with Gasteiger partial charge in [-0.15, -0.1) is 0 Å². The molecule has 0 bridgehead atoms. The van der Waals surface area contributed by atoms with Gasteiger partial charge < -0.3 is 16.0 Å². The van der Waals surface area contributed by atoms with E-state index in [1.165, 1.54) is 32.1 Å². The molecule has 3 rings (SSSR count). The van der Waals surface area contributed by atoms with Crippen molar-refractivity contribution in [2.24, 2.45) is 5.73 Å². The van der Waals surface area contributed by atoms with E-state index in [2.05, 4.69) is 26.3 Å². The maximum Gasteiger partial charge on any atom is 0.134 e. The molecule has 2 aliphatic rings. The standard InChI is InChI=1S/C14H23N5/c15-11-6-7-19(9-11)14-8-13(16-10-17-14)18-12-4-2-1-3-5-12/h8,10-12H,1-7,9,15H2,(H,16,17,18). The van der Waals surface area contributed by atoms with Crippen LogP contribution in [-0.2, 0) is 0 Å². The second kappa shape index (κ2) is 5.74. The van der Waals surface area contributed by atoms with Gasteiger partial charge in [-0.2, -0.15) is 0 Å². The number of aromatic nitrogens is 2. The van der Waals surface area contributed by atoms with Crippen LogP contribution in [0.5, 0.6) is 0 Å².